The van der Waals surface area contributed by atoms with Crippen molar-refractivity contribution in [1.29, 1.82) is 0 Å². The normalized spacial score (nSPS) is 24.5. The van der Waals surface area contributed by atoms with Crippen molar-refractivity contribution in [3.8, 4) is 0 Å². The number of aliphatic carboxylic acids is 1. The molecule has 0 aliphatic carbocycles. The van der Waals surface area contributed by atoms with Gasteiger partial charge in [0.2, 0.25) is 5.91 Å². The lowest BCUT2D eigenvalue weighted by atomic mass is 9.67. The topological polar surface area (TPSA) is 80.7 Å². The van der Waals surface area contributed by atoms with Crippen LogP contribution in [-0.4, -0.2) is 43.5 Å². The van der Waals surface area contributed by atoms with E-state index in [2.05, 4.69) is 0 Å². The van der Waals surface area contributed by atoms with Crippen LogP contribution in [0.1, 0.15) is 70.0 Å². The van der Waals surface area contributed by atoms with Crippen molar-refractivity contribution in [2.24, 2.45) is 5.41 Å². The number of likely N-dealkylation sites (tertiary alicyclic amines) is 1. The smallest absolute Gasteiger partial charge is 0.304 e. The monoisotopic (exact) mass is 537 g/mol. The Morgan fingerprint density at radius 1 is 1.17 bits per heavy atom. The molecule has 1 heterocycles. The molecule has 5 nitrogen and oxygen atoms in total. The van der Waals surface area contributed by atoms with Crippen LogP contribution in [0.3, 0.4) is 0 Å². The molecule has 0 bridgehead atoms. The maximum absolute atomic E-state index is 14.1. The first-order valence-corrected chi connectivity index (χ1v) is 14.0. The van der Waals surface area contributed by atoms with Crippen molar-refractivity contribution < 1.29 is 19.2 Å². The van der Waals surface area contributed by atoms with Gasteiger partial charge < -0.3 is 14.6 Å². The van der Waals surface area contributed by atoms with Crippen molar-refractivity contribution in [2.75, 3.05) is 5.75 Å². The molecule has 1 aliphatic rings. The van der Waals surface area contributed by atoms with Gasteiger partial charge in [0.15, 0.2) is 0 Å². The molecule has 0 saturated carbocycles. The zero-order valence-electron chi connectivity index (χ0n) is 20.5. The molecule has 0 spiro atoms. The van der Waals surface area contributed by atoms with Gasteiger partial charge in [-0.2, -0.15) is 0 Å². The highest BCUT2D eigenvalue weighted by molar-refractivity contribution is 7.92. The van der Waals surface area contributed by atoms with Crippen molar-refractivity contribution in [3.05, 3.63) is 69.7 Å². The zero-order valence-corrected chi connectivity index (χ0v) is 22.9. The fourth-order valence-corrected chi connectivity index (χ4v) is 6.54. The molecule has 1 unspecified atom stereocenters. The summed E-state index contributed by atoms with van der Waals surface area (Å²) in [6.07, 6.45) is 0.669. The molecule has 0 radical (unpaired) electrons. The van der Waals surface area contributed by atoms with Crippen molar-refractivity contribution in [2.45, 2.75) is 70.2 Å². The summed E-state index contributed by atoms with van der Waals surface area (Å²) in [5, 5.41) is 10.8. The van der Waals surface area contributed by atoms with Gasteiger partial charge in [-0.25, -0.2) is 0 Å². The Kier molecular flexibility index (Phi) is 9.19. The molecular formula is C27H33Cl2NO4S. The number of hydrogen-bond donors (Lipinski definition) is 1. The largest absolute Gasteiger partial charge is 0.616 e. The van der Waals surface area contributed by atoms with Gasteiger partial charge in [0.25, 0.3) is 0 Å². The Bertz CT molecular complexity index is 1050. The van der Waals surface area contributed by atoms with Gasteiger partial charge in [0.1, 0.15) is 11.0 Å². The highest BCUT2D eigenvalue weighted by atomic mass is 35.5. The summed E-state index contributed by atoms with van der Waals surface area (Å²) in [7, 11) is 0. The van der Waals surface area contributed by atoms with Crippen LogP contribution in [0.4, 0.5) is 0 Å². The van der Waals surface area contributed by atoms with E-state index in [4.69, 9.17) is 23.2 Å². The summed E-state index contributed by atoms with van der Waals surface area (Å²) in [5.41, 5.74) is 0.722. The Labute approximate surface area is 221 Å². The summed E-state index contributed by atoms with van der Waals surface area (Å²) in [4.78, 5) is 27.8. The molecule has 35 heavy (non-hydrogen) atoms. The van der Waals surface area contributed by atoms with E-state index in [1.807, 2.05) is 56.0 Å². The third-order valence-corrected chi connectivity index (χ3v) is 9.13. The molecule has 0 aromatic heterocycles. The number of halogens is 2. The van der Waals surface area contributed by atoms with E-state index >= 15 is 0 Å². The van der Waals surface area contributed by atoms with Crippen molar-refractivity contribution >= 4 is 46.3 Å². The minimum absolute atomic E-state index is 0.0490. The van der Waals surface area contributed by atoms with E-state index in [-0.39, 0.29) is 35.6 Å². The van der Waals surface area contributed by atoms with Gasteiger partial charge in [-0.15, -0.1) is 0 Å². The first-order valence-electron chi connectivity index (χ1n) is 11.9. The summed E-state index contributed by atoms with van der Waals surface area (Å²) >= 11 is 11.4. The first kappa shape index (κ1) is 27.9. The van der Waals surface area contributed by atoms with Crippen LogP contribution >= 0.6 is 23.2 Å². The fourth-order valence-electron chi connectivity index (χ4n) is 5.06. The van der Waals surface area contributed by atoms with Crippen molar-refractivity contribution in [3.63, 3.8) is 0 Å². The lowest BCUT2D eigenvalue weighted by Crippen LogP contribution is -2.57. The molecule has 8 heteroatoms. The number of carbonyl (C=O) groups is 2. The Morgan fingerprint density at radius 2 is 1.83 bits per heavy atom. The molecule has 2 aromatic rings. The number of carboxylic acids is 1. The molecule has 1 saturated heterocycles. The predicted octanol–water partition coefficient (Wildman–Crippen LogP) is 6.47. The molecule has 1 aliphatic heterocycles. The predicted molar refractivity (Wildman–Crippen MR) is 142 cm³/mol. The summed E-state index contributed by atoms with van der Waals surface area (Å²) in [6, 6.07) is 14.3. The molecule has 5 atom stereocenters. The highest BCUT2D eigenvalue weighted by Gasteiger charge is 2.52. The quantitative estimate of drug-likeness (QED) is 0.371. The third-order valence-electron chi connectivity index (χ3n) is 6.88. The SMILES string of the molecule is CC[C@@H](C[S+]([O-])C(C)C)N1C(=O)[C@](C)(CC(=O)O)C[C@H](c2cccc(Cl)c2)[C@H]1c1ccc(Cl)cc1. The second-order valence-corrected chi connectivity index (χ2v) is 12.8. The number of rotatable bonds is 9. The standard InChI is InChI=1S/C27H33Cl2NO4S/c1-5-22(16-35(34)17(2)3)30-25(18-9-11-20(28)12-10-18)23(19-7-6-8-21(29)13-19)14-27(4,26(30)33)15-24(31)32/h6-13,17,22-23,25H,5,14-16H2,1-4H3,(H,31,32)/t22-,23+,25+,27-,35?/m0/s1. The molecule has 190 valence electrons. The van der Waals surface area contributed by atoms with Crippen molar-refractivity contribution in [1.82, 2.24) is 4.90 Å². The van der Waals surface area contributed by atoms with Gasteiger partial charge in [-0.05, 0) is 73.3 Å². The molecule has 1 N–H and O–H groups in total. The van der Waals surface area contributed by atoms with E-state index in [1.54, 1.807) is 25.1 Å². The number of amides is 1. The Hall–Kier alpha value is -1.73. The number of hydrogen-bond acceptors (Lipinski definition) is 3. The fraction of sp³-hybridized carbons (Fsp3) is 0.481. The van der Waals surface area contributed by atoms with Crippen LogP contribution in [0, 0.1) is 5.41 Å². The maximum atomic E-state index is 14.1. The van der Waals surface area contributed by atoms with Gasteiger partial charge >= 0.3 is 5.97 Å². The van der Waals surface area contributed by atoms with Gasteiger partial charge in [0, 0.05) is 16.0 Å². The number of carbonyl (C=O) groups excluding carboxylic acids is 1. The molecule has 1 fully saturated rings. The zero-order chi connectivity index (χ0) is 25.9. The summed E-state index contributed by atoms with van der Waals surface area (Å²) in [5.74, 6) is -1.12. The molecule has 3 rings (SSSR count). The van der Waals surface area contributed by atoms with E-state index < -0.39 is 22.6 Å². The lowest BCUT2D eigenvalue weighted by molar-refractivity contribution is -0.160. The van der Waals surface area contributed by atoms with E-state index in [0.29, 0.717) is 28.6 Å². The van der Waals surface area contributed by atoms with Crippen LogP contribution in [0.5, 0.6) is 0 Å². The van der Waals surface area contributed by atoms with E-state index in [9.17, 15) is 19.2 Å². The van der Waals surface area contributed by atoms with Gasteiger partial charge in [-0.1, -0.05) is 61.3 Å². The summed E-state index contributed by atoms with van der Waals surface area (Å²) < 4.78 is 12.9. The molecule has 1 amide bonds. The minimum atomic E-state index is -1.14. The number of benzene rings is 2. The number of carboxylic acid groups (broad SMARTS) is 1. The third kappa shape index (κ3) is 6.34. The summed E-state index contributed by atoms with van der Waals surface area (Å²) in [6.45, 7) is 7.52. The second kappa shape index (κ2) is 11.5. The maximum Gasteiger partial charge on any atom is 0.304 e. The molecule has 2 aromatic carbocycles. The van der Waals surface area contributed by atoms with Crippen LogP contribution in [0.25, 0.3) is 0 Å². The lowest BCUT2D eigenvalue weighted by Gasteiger charge is -2.51. The average molecular weight is 539 g/mol. The van der Waals surface area contributed by atoms with Crippen LogP contribution in [-0.2, 0) is 20.8 Å². The number of nitrogens with zero attached hydrogens (tertiary/aromatic N) is 1. The highest BCUT2D eigenvalue weighted by Crippen LogP contribution is 2.52. The average Bonchev–Trinajstić information content (AvgIpc) is 2.79. The number of piperidine rings is 1. The van der Waals surface area contributed by atoms with Crippen LogP contribution < -0.4 is 0 Å². The minimum Gasteiger partial charge on any atom is -0.616 e. The van der Waals surface area contributed by atoms with Crippen LogP contribution in [0.15, 0.2) is 48.5 Å². The van der Waals surface area contributed by atoms with Gasteiger partial charge in [0.05, 0.1) is 23.9 Å². The Morgan fingerprint density at radius 3 is 2.37 bits per heavy atom. The van der Waals surface area contributed by atoms with Gasteiger partial charge in [-0.3, -0.25) is 9.59 Å². The van der Waals surface area contributed by atoms with Crippen LogP contribution in [0.2, 0.25) is 10.0 Å². The van der Waals surface area contributed by atoms with E-state index in [1.165, 1.54) is 0 Å². The first-order chi connectivity index (χ1) is 16.5. The Balaban J connectivity index is 2.22. The van der Waals surface area contributed by atoms with E-state index in [0.717, 1.165) is 11.1 Å². The second-order valence-electron chi connectivity index (χ2n) is 9.86. The molecular weight excluding hydrogens is 505 g/mol.